The molecule has 1 heterocycles. The SMILES string of the molecule is CC1CC(CN)(C(=O)N2CCC(CO)C2)C1. The van der Waals surface area contributed by atoms with E-state index in [4.69, 9.17) is 10.8 Å². The second-order valence-corrected chi connectivity index (χ2v) is 5.59. The normalized spacial score (nSPS) is 38.6. The van der Waals surface area contributed by atoms with Gasteiger partial charge < -0.3 is 15.7 Å². The highest BCUT2D eigenvalue weighted by atomic mass is 16.3. The van der Waals surface area contributed by atoms with Crippen molar-refractivity contribution in [1.82, 2.24) is 4.90 Å². The minimum atomic E-state index is -0.274. The quantitative estimate of drug-likeness (QED) is 0.722. The van der Waals surface area contributed by atoms with Crippen LogP contribution in [0.5, 0.6) is 0 Å². The number of carbonyl (C=O) groups is 1. The first-order valence-corrected chi connectivity index (χ1v) is 6.21. The van der Waals surface area contributed by atoms with Gasteiger partial charge in [-0.2, -0.15) is 0 Å². The molecule has 1 saturated carbocycles. The lowest BCUT2D eigenvalue weighted by atomic mass is 9.62. The third-order valence-electron chi connectivity index (χ3n) is 4.15. The van der Waals surface area contributed by atoms with Gasteiger partial charge in [-0.05, 0) is 25.2 Å². The Bertz CT molecular complexity index is 274. The first-order chi connectivity index (χ1) is 7.61. The molecule has 2 aliphatic rings. The molecule has 0 aromatic rings. The van der Waals surface area contributed by atoms with Crippen LogP contribution in [0.15, 0.2) is 0 Å². The topological polar surface area (TPSA) is 66.6 Å². The number of hydrogen-bond acceptors (Lipinski definition) is 3. The largest absolute Gasteiger partial charge is 0.396 e. The van der Waals surface area contributed by atoms with Crippen molar-refractivity contribution < 1.29 is 9.90 Å². The van der Waals surface area contributed by atoms with E-state index >= 15 is 0 Å². The van der Waals surface area contributed by atoms with E-state index in [2.05, 4.69) is 6.92 Å². The first kappa shape index (κ1) is 11.9. The predicted molar refractivity (Wildman–Crippen MR) is 61.7 cm³/mol. The van der Waals surface area contributed by atoms with Gasteiger partial charge in [0.1, 0.15) is 0 Å². The van der Waals surface area contributed by atoms with Crippen LogP contribution in [0, 0.1) is 17.3 Å². The monoisotopic (exact) mass is 226 g/mol. The van der Waals surface area contributed by atoms with Crippen LogP contribution in [-0.4, -0.2) is 42.2 Å². The molecule has 1 unspecified atom stereocenters. The molecule has 4 nitrogen and oxygen atoms in total. The highest BCUT2D eigenvalue weighted by Gasteiger charge is 2.49. The zero-order valence-electron chi connectivity index (χ0n) is 9.98. The molecule has 1 aliphatic heterocycles. The molecule has 2 fully saturated rings. The van der Waals surface area contributed by atoms with Gasteiger partial charge in [0, 0.05) is 32.2 Å². The third-order valence-corrected chi connectivity index (χ3v) is 4.15. The van der Waals surface area contributed by atoms with Crippen LogP contribution in [0.25, 0.3) is 0 Å². The van der Waals surface area contributed by atoms with E-state index in [0.717, 1.165) is 25.8 Å². The van der Waals surface area contributed by atoms with Crippen LogP contribution in [-0.2, 0) is 4.79 Å². The average Bonchev–Trinajstić information content (AvgIpc) is 2.72. The van der Waals surface area contributed by atoms with Crippen molar-refractivity contribution in [1.29, 1.82) is 0 Å². The predicted octanol–water partition coefficient (Wildman–Crippen LogP) is 0.202. The summed E-state index contributed by atoms with van der Waals surface area (Å²) in [5, 5.41) is 9.08. The fourth-order valence-corrected chi connectivity index (χ4v) is 3.20. The molecule has 92 valence electrons. The molecule has 0 radical (unpaired) electrons. The standard InChI is InChI=1S/C12H22N2O2/c1-9-4-12(5-9,8-13)11(16)14-3-2-10(6-14)7-15/h9-10,15H,2-8,13H2,1H3. The van der Waals surface area contributed by atoms with E-state index in [0.29, 0.717) is 19.0 Å². The van der Waals surface area contributed by atoms with E-state index in [9.17, 15) is 4.79 Å². The minimum Gasteiger partial charge on any atom is -0.396 e. The molecule has 3 N–H and O–H groups in total. The van der Waals surface area contributed by atoms with Gasteiger partial charge in [-0.25, -0.2) is 0 Å². The van der Waals surface area contributed by atoms with Crippen LogP contribution < -0.4 is 5.73 Å². The Labute approximate surface area is 96.8 Å². The van der Waals surface area contributed by atoms with E-state index in [1.807, 2.05) is 4.90 Å². The lowest BCUT2D eigenvalue weighted by molar-refractivity contribution is -0.148. The molecular formula is C12H22N2O2. The molecule has 0 aromatic carbocycles. The van der Waals surface area contributed by atoms with Crippen molar-refractivity contribution in [2.45, 2.75) is 26.2 Å². The van der Waals surface area contributed by atoms with Crippen LogP contribution >= 0.6 is 0 Å². The molecule has 2 rings (SSSR count). The van der Waals surface area contributed by atoms with Gasteiger partial charge in [0.2, 0.25) is 5.91 Å². The van der Waals surface area contributed by atoms with Gasteiger partial charge in [0.15, 0.2) is 0 Å². The number of likely N-dealkylation sites (tertiary alicyclic amines) is 1. The number of rotatable bonds is 3. The zero-order valence-corrected chi connectivity index (χ0v) is 9.98. The second-order valence-electron chi connectivity index (χ2n) is 5.59. The molecule has 4 heteroatoms. The van der Waals surface area contributed by atoms with Gasteiger partial charge >= 0.3 is 0 Å². The Morgan fingerprint density at radius 2 is 2.25 bits per heavy atom. The van der Waals surface area contributed by atoms with Gasteiger partial charge in [-0.15, -0.1) is 0 Å². The van der Waals surface area contributed by atoms with Crippen molar-refractivity contribution in [2.24, 2.45) is 23.0 Å². The molecular weight excluding hydrogens is 204 g/mol. The molecule has 1 amide bonds. The number of aliphatic hydroxyl groups excluding tert-OH is 1. The Morgan fingerprint density at radius 3 is 2.69 bits per heavy atom. The smallest absolute Gasteiger partial charge is 0.230 e. The van der Waals surface area contributed by atoms with Gasteiger partial charge in [0.05, 0.1) is 5.41 Å². The highest BCUT2D eigenvalue weighted by molar-refractivity contribution is 5.84. The maximum absolute atomic E-state index is 12.4. The molecule has 1 aliphatic carbocycles. The molecule has 0 aromatic heterocycles. The van der Waals surface area contributed by atoms with E-state index in [-0.39, 0.29) is 23.8 Å². The average molecular weight is 226 g/mol. The second kappa shape index (κ2) is 4.34. The summed E-state index contributed by atoms with van der Waals surface area (Å²) in [7, 11) is 0. The summed E-state index contributed by atoms with van der Waals surface area (Å²) in [5.41, 5.74) is 5.50. The molecule has 0 bridgehead atoms. The summed E-state index contributed by atoms with van der Waals surface area (Å²) in [6, 6.07) is 0. The van der Waals surface area contributed by atoms with Crippen LogP contribution in [0.3, 0.4) is 0 Å². The lowest BCUT2D eigenvalue weighted by Gasteiger charge is -2.46. The van der Waals surface area contributed by atoms with Crippen molar-refractivity contribution in [3.63, 3.8) is 0 Å². The number of nitrogens with zero attached hydrogens (tertiary/aromatic N) is 1. The molecule has 1 saturated heterocycles. The lowest BCUT2D eigenvalue weighted by Crippen LogP contribution is -2.54. The summed E-state index contributed by atoms with van der Waals surface area (Å²) < 4.78 is 0. The number of carbonyl (C=O) groups excluding carboxylic acids is 1. The van der Waals surface area contributed by atoms with Crippen LogP contribution in [0.4, 0.5) is 0 Å². The molecule has 16 heavy (non-hydrogen) atoms. The Kier molecular flexibility index (Phi) is 3.22. The fraction of sp³-hybridized carbons (Fsp3) is 0.917. The van der Waals surface area contributed by atoms with Gasteiger partial charge in [-0.3, -0.25) is 4.79 Å². The van der Waals surface area contributed by atoms with E-state index in [1.54, 1.807) is 0 Å². The van der Waals surface area contributed by atoms with Crippen molar-refractivity contribution in [2.75, 3.05) is 26.2 Å². The Hall–Kier alpha value is -0.610. The third kappa shape index (κ3) is 1.84. The maximum atomic E-state index is 12.4. The van der Waals surface area contributed by atoms with Gasteiger partial charge in [0.25, 0.3) is 0 Å². The van der Waals surface area contributed by atoms with Crippen molar-refractivity contribution in [3.05, 3.63) is 0 Å². The first-order valence-electron chi connectivity index (χ1n) is 6.21. The Balaban J connectivity index is 1.97. The zero-order chi connectivity index (χ0) is 11.8. The number of aliphatic hydroxyl groups is 1. The summed E-state index contributed by atoms with van der Waals surface area (Å²) in [5.74, 6) is 1.13. The molecule has 0 spiro atoms. The van der Waals surface area contributed by atoms with Crippen LogP contribution in [0.1, 0.15) is 26.2 Å². The van der Waals surface area contributed by atoms with Crippen molar-refractivity contribution in [3.8, 4) is 0 Å². The summed E-state index contributed by atoms with van der Waals surface area (Å²) >= 11 is 0. The summed E-state index contributed by atoms with van der Waals surface area (Å²) in [6.45, 7) is 4.33. The number of nitrogens with two attached hydrogens (primary N) is 1. The summed E-state index contributed by atoms with van der Waals surface area (Å²) in [6.07, 6.45) is 2.80. The fourth-order valence-electron chi connectivity index (χ4n) is 3.20. The highest BCUT2D eigenvalue weighted by Crippen LogP contribution is 2.46. The van der Waals surface area contributed by atoms with Crippen molar-refractivity contribution >= 4 is 5.91 Å². The van der Waals surface area contributed by atoms with E-state index in [1.165, 1.54) is 0 Å². The van der Waals surface area contributed by atoms with Crippen LogP contribution in [0.2, 0.25) is 0 Å². The Morgan fingerprint density at radius 1 is 1.56 bits per heavy atom. The van der Waals surface area contributed by atoms with E-state index < -0.39 is 0 Å². The number of hydrogen-bond donors (Lipinski definition) is 2. The minimum absolute atomic E-state index is 0.190. The summed E-state index contributed by atoms with van der Waals surface area (Å²) in [4.78, 5) is 14.3. The maximum Gasteiger partial charge on any atom is 0.230 e. The molecule has 1 atom stereocenters. The number of amides is 1. The van der Waals surface area contributed by atoms with Gasteiger partial charge in [-0.1, -0.05) is 6.92 Å².